The van der Waals surface area contributed by atoms with Crippen molar-refractivity contribution in [3.63, 3.8) is 0 Å². The number of carbonyl (C=O) groups excluding carboxylic acids is 2. The van der Waals surface area contributed by atoms with E-state index in [2.05, 4.69) is 4.74 Å². The molecule has 0 heterocycles. The van der Waals surface area contributed by atoms with Gasteiger partial charge in [-0.1, -0.05) is 6.08 Å². The molecule has 5 heteroatoms. The van der Waals surface area contributed by atoms with Gasteiger partial charge >= 0.3 is 6.09 Å². The number of carbonyl (C=O) groups is 2. The third kappa shape index (κ3) is 8.96. The minimum absolute atomic E-state index is 0.156. The van der Waals surface area contributed by atoms with Crippen LogP contribution in [-0.2, 0) is 9.53 Å². The number of rotatable bonds is 6. The van der Waals surface area contributed by atoms with Crippen molar-refractivity contribution >= 4 is 12.0 Å². The molecule has 2 N–H and O–H groups in total. The van der Waals surface area contributed by atoms with Crippen molar-refractivity contribution in [1.82, 2.24) is 5.32 Å². The number of unbranched alkanes of at least 4 members (excludes halogenated alkanes) is 2. The molecule has 0 aromatic heterocycles. The zero-order valence-corrected chi connectivity index (χ0v) is 8.86. The lowest BCUT2D eigenvalue weighted by atomic mass is 10.2. The molecule has 0 aromatic rings. The summed E-state index contributed by atoms with van der Waals surface area (Å²) in [4.78, 5) is 21.8. The van der Waals surface area contributed by atoms with Gasteiger partial charge in [0.2, 0.25) is 0 Å². The Labute approximate surface area is 89.1 Å². The summed E-state index contributed by atoms with van der Waals surface area (Å²) in [5, 5.41) is 10.5. The third-order valence-electron chi connectivity index (χ3n) is 1.55. The van der Waals surface area contributed by atoms with Crippen molar-refractivity contribution in [2.45, 2.75) is 26.2 Å². The van der Waals surface area contributed by atoms with Crippen LogP contribution >= 0.6 is 0 Å². The Morgan fingerprint density at radius 1 is 1.40 bits per heavy atom. The van der Waals surface area contributed by atoms with Crippen molar-refractivity contribution in [3.8, 4) is 0 Å². The minimum Gasteiger partial charge on any atom is -0.450 e. The lowest BCUT2D eigenvalue weighted by Crippen LogP contribution is -2.29. The first-order valence-electron chi connectivity index (χ1n) is 4.95. The maximum atomic E-state index is 11.0. The normalized spacial score (nSPS) is 10.3. The van der Waals surface area contributed by atoms with Crippen LogP contribution in [0.2, 0.25) is 0 Å². The molecule has 15 heavy (non-hydrogen) atoms. The summed E-state index contributed by atoms with van der Waals surface area (Å²) in [6.07, 6.45) is 4.45. The predicted octanol–water partition coefficient (Wildman–Crippen LogP) is 0.978. The monoisotopic (exact) mass is 215 g/mol. The Hall–Kier alpha value is -1.36. The second-order valence-electron chi connectivity index (χ2n) is 2.83. The number of allylic oxidation sites excluding steroid dienone is 1. The molecular weight excluding hydrogens is 198 g/mol. The van der Waals surface area contributed by atoms with Crippen LogP contribution in [0.4, 0.5) is 4.79 Å². The molecular formula is C10H17NO4. The molecule has 0 atom stereocenters. The number of aliphatic hydroxyl groups is 1. The van der Waals surface area contributed by atoms with E-state index >= 15 is 0 Å². The summed E-state index contributed by atoms with van der Waals surface area (Å²) < 4.78 is 4.52. The van der Waals surface area contributed by atoms with Gasteiger partial charge in [-0.15, -0.1) is 0 Å². The van der Waals surface area contributed by atoms with Gasteiger partial charge in [-0.2, -0.15) is 0 Å². The van der Waals surface area contributed by atoms with Gasteiger partial charge in [-0.25, -0.2) is 4.79 Å². The fourth-order valence-electron chi connectivity index (χ4n) is 0.874. The molecule has 0 unspecified atom stereocenters. The highest BCUT2D eigenvalue weighted by atomic mass is 16.5. The Morgan fingerprint density at radius 3 is 2.73 bits per heavy atom. The first-order chi connectivity index (χ1) is 7.20. The molecule has 0 aliphatic heterocycles. The van der Waals surface area contributed by atoms with Crippen LogP contribution in [0.1, 0.15) is 26.2 Å². The summed E-state index contributed by atoms with van der Waals surface area (Å²) in [6, 6.07) is 0. The molecule has 0 fully saturated rings. The highest BCUT2D eigenvalue weighted by Gasteiger charge is 2.03. The van der Waals surface area contributed by atoms with Crippen LogP contribution in [0.25, 0.3) is 0 Å². The van der Waals surface area contributed by atoms with Crippen molar-refractivity contribution in [2.24, 2.45) is 0 Å². The molecule has 0 rings (SSSR count). The van der Waals surface area contributed by atoms with E-state index in [1.807, 2.05) is 5.32 Å². The number of ether oxygens (including phenoxy) is 1. The van der Waals surface area contributed by atoms with E-state index in [9.17, 15) is 9.59 Å². The van der Waals surface area contributed by atoms with E-state index in [0.29, 0.717) is 12.8 Å². The molecule has 0 aromatic carbocycles. The number of alkyl carbamates (subject to hydrolysis) is 1. The number of aliphatic hydroxyl groups excluding tert-OH is 1. The summed E-state index contributed by atoms with van der Waals surface area (Å²) in [7, 11) is 0. The molecule has 0 spiro atoms. The van der Waals surface area contributed by atoms with Gasteiger partial charge in [0.05, 0.1) is 6.61 Å². The molecule has 0 bridgehead atoms. The number of nitrogens with one attached hydrogen (secondary N) is 1. The van der Waals surface area contributed by atoms with Crippen molar-refractivity contribution in [1.29, 1.82) is 0 Å². The summed E-state index contributed by atoms with van der Waals surface area (Å²) in [6.45, 7) is 2.05. The molecule has 0 saturated heterocycles. The van der Waals surface area contributed by atoms with E-state index in [1.165, 1.54) is 6.08 Å². The van der Waals surface area contributed by atoms with Gasteiger partial charge in [0, 0.05) is 6.61 Å². The first-order valence-corrected chi connectivity index (χ1v) is 4.95. The van der Waals surface area contributed by atoms with E-state index < -0.39 is 12.0 Å². The van der Waals surface area contributed by atoms with E-state index in [1.54, 1.807) is 13.0 Å². The number of amides is 2. The maximum Gasteiger partial charge on any atom is 0.414 e. The number of hydrogen-bond donors (Lipinski definition) is 2. The van der Waals surface area contributed by atoms with Crippen LogP contribution in [0.5, 0.6) is 0 Å². The van der Waals surface area contributed by atoms with Gasteiger partial charge in [0.15, 0.2) is 0 Å². The van der Waals surface area contributed by atoms with Gasteiger partial charge in [-0.3, -0.25) is 10.1 Å². The van der Waals surface area contributed by atoms with Crippen molar-refractivity contribution < 1.29 is 19.4 Å². The highest BCUT2D eigenvalue weighted by Crippen LogP contribution is 1.94. The largest absolute Gasteiger partial charge is 0.450 e. The molecule has 0 aliphatic rings. The van der Waals surface area contributed by atoms with Crippen LogP contribution in [0, 0.1) is 0 Å². The lowest BCUT2D eigenvalue weighted by Gasteiger charge is -2.00. The second kappa shape index (κ2) is 9.21. The fourth-order valence-corrected chi connectivity index (χ4v) is 0.874. The second-order valence-corrected chi connectivity index (χ2v) is 2.83. The SMILES string of the molecule is CCOC(=O)NC(=O)C=CCCCCO. The van der Waals surface area contributed by atoms with Gasteiger partial charge in [-0.05, 0) is 32.3 Å². The standard InChI is InChI=1S/C10H17NO4/c1-2-15-10(14)11-9(13)7-5-3-4-6-8-12/h5,7,12H,2-4,6,8H2,1H3,(H,11,13,14). The predicted molar refractivity (Wildman–Crippen MR) is 55.2 cm³/mol. The number of hydrogen-bond acceptors (Lipinski definition) is 4. The topological polar surface area (TPSA) is 75.6 Å². The smallest absolute Gasteiger partial charge is 0.414 e. The summed E-state index contributed by atoms with van der Waals surface area (Å²) >= 11 is 0. The summed E-state index contributed by atoms with van der Waals surface area (Å²) in [5.41, 5.74) is 0. The zero-order chi connectivity index (χ0) is 11.5. The van der Waals surface area contributed by atoms with Gasteiger partial charge < -0.3 is 9.84 Å². The van der Waals surface area contributed by atoms with E-state index in [-0.39, 0.29) is 13.2 Å². The fraction of sp³-hybridized carbons (Fsp3) is 0.600. The van der Waals surface area contributed by atoms with Crippen LogP contribution in [0.15, 0.2) is 12.2 Å². The molecule has 2 amide bonds. The molecule has 0 saturated carbocycles. The van der Waals surface area contributed by atoms with Crippen molar-refractivity contribution in [3.05, 3.63) is 12.2 Å². The Kier molecular flexibility index (Phi) is 8.37. The third-order valence-corrected chi connectivity index (χ3v) is 1.55. The minimum atomic E-state index is -0.734. The van der Waals surface area contributed by atoms with Gasteiger partial charge in [0.1, 0.15) is 0 Å². The average molecular weight is 215 g/mol. The lowest BCUT2D eigenvalue weighted by molar-refractivity contribution is -0.115. The molecule has 0 radical (unpaired) electrons. The quantitative estimate of drug-likeness (QED) is 0.511. The maximum absolute atomic E-state index is 11.0. The molecule has 5 nitrogen and oxygen atoms in total. The Balaban J connectivity index is 3.59. The zero-order valence-electron chi connectivity index (χ0n) is 8.86. The Bertz CT molecular complexity index is 225. The van der Waals surface area contributed by atoms with Crippen LogP contribution < -0.4 is 5.32 Å². The molecule has 86 valence electrons. The molecule has 0 aliphatic carbocycles. The average Bonchev–Trinajstić information content (AvgIpc) is 2.17. The van der Waals surface area contributed by atoms with Crippen LogP contribution in [-0.4, -0.2) is 30.3 Å². The highest BCUT2D eigenvalue weighted by molar-refractivity contribution is 5.98. The van der Waals surface area contributed by atoms with Gasteiger partial charge in [0.25, 0.3) is 5.91 Å². The number of imide groups is 1. The van der Waals surface area contributed by atoms with E-state index in [4.69, 9.17) is 5.11 Å². The Morgan fingerprint density at radius 2 is 2.13 bits per heavy atom. The van der Waals surface area contributed by atoms with Crippen molar-refractivity contribution in [2.75, 3.05) is 13.2 Å². The van der Waals surface area contributed by atoms with E-state index in [0.717, 1.165) is 6.42 Å². The van der Waals surface area contributed by atoms with Crippen LogP contribution in [0.3, 0.4) is 0 Å². The summed E-state index contributed by atoms with van der Waals surface area (Å²) in [5.74, 6) is -0.488. The first kappa shape index (κ1) is 13.6.